The third-order valence-electron chi connectivity index (χ3n) is 2.81. The van der Waals surface area contributed by atoms with Crippen molar-refractivity contribution in [3.63, 3.8) is 0 Å². The van der Waals surface area contributed by atoms with Crippen molar-refractivity contribution in [2.24, 2.45) is 5.10 Å². The molecule has 2 aromatic rings. The van der Waals surface area contributed by atoms with Crippen LogP contribution in [0.15, 0.2) is 47.6 Å². The molecule has 1 amide bonds. The highest BCUT2D eigenvalue weighted by atomic mass is 35.5. The highest BCUT2D eigenvalue weighted by Crippen LogP contribution is 2.19. The number of halogens is 1. The van der Waals surface area contributed by atoms with Gasteiger partial charge in [-0.2, -0.15) is 5.10 Å². The number of amides is 1. The van der Waals surface area contributed by atoms with Crippen LogP contribution in [0.1, 0.15) is 18.1 Å². The second-order valence-corrected chi connectivity index (χ2v) is 5.04. The molecule has 108 valence electrons. The lowest BCUT2D eigenvalue weighted by Gasteiger charge is -2.03. The topological polar surface area (TPSA) is 53.5 Å². The molecule has 0 fully saturated rings. The minimum Gasteiger partial charge on any atom is -0.326 e. The van der Waals surface area contributed by atoms with E-state index in [9.17, 15) is 4.79 Å². The van der Waals surface area contributed by atoms with Crippen LogP contribution in [0.5, 0.6) is 0 Å². The summed E-state index contributed by atoms with van der Waals surface area (Å²) in [6, 6.07) is 13.1. The summed E-state index contributed by atoms with van der Waals surface area (Å²) in [6.45, 7) is 3.43. The zero-order chi connectivity index (χ0) is 15.2. The van der Waals surface area contributed by atoms with E-state index in [-0.39, 0.29) is 5.91 Å². The van der Waals surface area contributed by atoms with Gasteiger partial charge in [0.2, 0.25) is 5.91 Å². The molecule has 0 unspecified atom stereocenters. The molecule has 0 aliphatic carbocycles. The van der Waals surface area contributed by atoms with Gasteiger partial charge in [0.05, 0.1) is 11.9 Å². The minimum atomic E-state index is -0.0886. The van der Waals surface area contributed by atoms with Crippen LogP contribution >= 0.6 is 11.6 Å². The van der Waals surface area contributed by atoms with Crippen molar-refractivity contribution in [2.75, 3.05) is 10.7 Å². The van der Waals surface area contributed by atoms with Gasteiger partial charge >= 0.3 is 0 Å². The highest BCUT2D eigenvalue weighted by Gasteiger charge is 1.97. The molecular weight excluding hydrogens is 286 g/mol. The van der Waals surface area contributed by atoms with Crippen molar-refractivity contribution >= 4 is 35.1 Å². The van der Waals surface area contributed by atoms with Gasteiger partial charge in [0.15, 0.2) is 0 Å². The highest BCUT2D eigenvalue weighted by molar-refractivity contribution is 6.31. The maximum atomic E-state index is 10.9. The van der Waals surface area contributed by atoms with Gasteiger partial charge in [0.25, 0.3) is 0 Å². The molecule has 0 saturated carbocycles. The van der Waals surface area contributed by atoms with E-state index in [0.717, 1.165) is 22.5 Å². The molecule has 2 rings (SSSR count). The fourth-order valence-corrected chi connectivity index (χ4v) is 1.88. The first kappa shape index (κ1) is 15.1. The Morgan fingerprint density at radius 1 is 1.14 bits per heavy atom. The smallest absolute Gasteiger partial charge is 0.221 e. The Morgan fingerprint density at radius 3 is 2.43 bits per heavy atom. The Hall–Kier alpha value is -2.33. The number of anilines is 2. The SMILES string of the molecule is CC(=O)Nc1ccc(/C=N/Nc2ccc(C)c(Cl)c2)cc1. The predicted molar refractivity (Wildman–Crippen MR) is 88.2 cm³/mol. The van der Waals surface area contributed by atoms with Gasteiger partial charge in [-0.3, -0.25) is 10.2 Å². The lowest BCUT2D eigenvalue weighted by Crippen LogP contribution is -2.05. The van der Waals surface area contributed by atoms with Gasteiger partial charge in [0, 0.05) is 17.6 Å². The Bertz CT molecular complexity index is 666. The largest absolute Gasteiger partial charge is 0.326 e. The first-order chi connectivity index (χ1) is 10.0. The van der Waals surface area contributed by atoms with Crippen molar-refractivity contribution in [1.82, 2.24) is 0 Å². The molecule has 21 heavy (non-hydrogen) atoms. The molecule has 2 aromatic carbocycles. The van der Waals surface area contributed by atoms with Gasteiger partial charge in [-0.15, -0.1) is 0 Å². The number of nitrogens with one attached hydrogen (secondary N) is 2. The summed E-state index contributed by atoms with van der Waals surface area (Å²) < 4.78 is 0. The van der Waals surface area contributed by atoms with Gasteiger partial charge in [0.1, 0.15) is 0 Å². The number of carbonyl (C=O) groups excluding carboxylic acids is 1. The van der Waals surface area contributed by atoms with Gasteiger partial charge in [-0.25, -0.2) is 0 Å². The Morgan fingerprint density at radius 2 is 1.81 bits per heavy atom. The molecule has 0 aliphatic heterocycles. The average molecular weight is 302 g/mol. The molecule has 2 N–H and O–H groups in total. The predicted octanol–water partition coefficient (Wildman–Crippen LogP) is 4.05. The molecule has 0 aromatic heterocycles. The number of carbonyl (C=O) groups is 1. The maximum absolute atomic E-state index is 10.9. The average Bonchev–Trinajstić information content (AvgIpc) is 2.44. The van der Waals surface area contributed by atoms with E-state index in [2.05, 4.69) is 15.8 Å². The van der Waals surface area contributed by atoms with E-state index in [0.29, 0.717) is 5.02 Å². The van der Waals surface area contributed by atoms with Crippen molar-refractivity contribution in [1.29, 1.82) is 0 Å². The molecule has 0 radical (unpaired) electrons. The van der Waals surface area contributed by atoms with Gasteiger partial charge in [-0.05, 0) is 42.3 Å². The van der Waals surface area contributed by atoms with Gasteiger partial charge in [-0.1, -0.05) is 29.8 Å². The van der Waals surface area contributed by atoms with E-state index in [1.54, 1.807) is 6.21 Å². The molecule has 0 bridgehead atoms. The first-order valence-corrected chi connectivity index (χ1v) is 6.85. The molecule has 0 saturated heterocycles. The van der Waals surface area contributed by atoms with Crippen molar-refractivity contribution < 1.29 is 4.79 Å². The van der Waals surface area contributed by atoms with Crippen molar-refractivity contribution in [3.05, 3.63) is 58.6 Å². The minimum absolute atomic E-state index is 0.0886. The standard InChI is InChI=1S/C16H16ClN3O/c1-11-3-6-15(9-16(11)17)20-18-10-13-4-7-14(8-5-13)19-12(2)21/h3-10,20H,1-2H3,(H,19,21)/b18-10+. The number of hydrogen-bond acceptors (Lipinski definition) is 3. The van der Waals surface area contributed by atoms with E-state index in [1.807, 2.05) is 49.4 Å². The van der Waals surface area contributed by atoms with Crippen molar-refractivity contribution in [2.45, 2.75) is 13.8 Å². The number of hydrazone groups is 1. The molecule has 4 nitrogen and oxygen atoms in total. The van der Waals surface area contributed by atoms with E-state index in [1.165, 1.54) is 6.92 Å². The Balaban J connectivity index is 1.97. The lowest BCUT2D eigenvalue weighted by atomic mass is 10.2. The van der Waals surface area contributed by atoms with Crippen LogP contribution in [0.25, 0.3) is 0 Å². The quantitative estimate of drug-likeness (QED) is 0.661. The first-order valence-electron chi connectivity index (χ1n) is 6.47. The summed E-state index contributed by atoms with van der Waals surface area (Å²) in [7, 11) is 0. The normalized spacial score (nSPS) is 10.6. The van der Waals surface area contributed by atoms with Gasteiger partial charge < -0.3 is 5.32 Å². The Kier molecular flexibility index (Phi) is 4.95. The summed E-state index contributed by atoms with van der Waals surface area (Å²) in [5.41, 5.74) is 6.47. The number of benzene rings is 2. The van der Waals surface area contributed by atoms with Crippen LogP contribution in [0, 0.1) is 6.92 Å². The molecular formula is C16H16ClN3O. The summed E-state index contributed by atoms with van der Waals surface area (Å²) in [5.74, 6) is -0.0886. The lowest BCUT2D eigenvalue weighted by molar-refractivity contribution is -0.114. The molecule has 0 heterocycles. The molecule has 0 atom stereocenters. The molecule has 5 heteroatoms. The van der Waals surface area contributed by atoms with Crippen LogP contribution in [-0.2, 0) is 4.79 Å². The number of rotatable bonds is 4. The third-order valence-corrected chi connectivity index (χ3v) is 3.22. The van der Waals surface area contributed by atoms with Crippen LogP contribution in [-0.4, -0.2) is 12.1 Å². The second kappa shape index (κ2) is 6.90. The third kappa shape index (κ3) is 4.61. The van der Waals surface area contributed by atoms with E-state index >= 15 is 0 Å². The molecule has 0 spiro atoms. The second-order valence-electron chi connectivity index (χ2n) is 4.64. The summed E-state index contributed by atoms with van der Waals surface area (Å²) in [6.07, 6.45) is 1.70. The number of nitrogens with zero attached hydrogens (tertiary/aromatic N) is 1. The van der Waals surface area contributed by atoms with E-state index in [4.69, 9.17) is 11.6 Å². The Labute approximate surface area is 128 Å². The van der Waals surface area contributed by atoms with Crippen LogP contribution in [0.2, 0.25) is 5.02 Å². The van der Waals surface area contributed by atoms with Crippen LogP contribution < -0.4 is 10.7 Å². The fraction of sp³-hybridized carbons (Fsp3) is 0.125. The summed E-state index contributed by atoms with van der Waals surface area (Å²) >= 11 is 6.04. The van der Waals surface area contributed by atoms with Crippen molar-refractivity contribution in [3.8, 4) is 0 Å². The zero-order valence-corrected chi connectivity index (χ0v) is 12.6. The number of aryl methyl sites for hydroxylation is 1. The fourth-order valence-electron chi connectivity index (χ4n) is 1.70. The molecule has 0 aliphatic rings. The van der Waals surface area contributed by atoms with Crippen LogP contribution in [0.3, 0.4) is 0 Å². The number of hydrogen-bond donors (Lipinski definition) is 2. The zero-order valence-electron chi connectivity index (χ0n) is 11.9. The van der Waals surface area contributed by atoms with Crippen LogP contribution in [0.4, 0.5) is 11.4 Å². The monoisotopic (exact) mass is 301 g/mol. The maximum Gasteiger partial charge on any atom is 0.221 e. The van der Waals surface area contributed by atoms with E-state index < -0.39 is 0 Å². The summed E-state index contributed by atoms with van der Waals surface area (Å²) in [5, 5.41) is 7.57. The summed E-state index contributed by atoms with van der Waals surface area (Å²) in [4.78, 5) is 10.9.